The van der Waals surface area contributed by atoms with Gasteiger partial charge in [0, 0.05) is 25.1 Å². The van der Waals surface area contributed by atoms with Crippen molar-refractivity contribution in [2.75, 3.05) is 13.7 Å². The molecule has 1 aromatic carbocycles. The van der Waals surface area contributed by atoms with Gasteiger partial charge in [-0.25, -0.2) is 24.1 Å². The van der Waals surface area contributed by atoms with E-state index in [2.05, 4.69) is 19.9 Å². The number of alkyl halides is 1. The molecule has 0 radical (unpaired) electrons. The van der Waals surface area contributed by atoms with Crippen LogP contribution >= 0.6 is 0 Å². The Bertz CT molecular complexity index is 1300. The number of benzene rings is 1. The lowest BCUT2D eigenvalue weighted by molar-refractivity contribution is -0.0616. The average molecular weight is 463 g/mol. The molecule has 9 nitrogen and oxygen atoms in total. The highest BCUT2D eigenvalue weighted by molar-refractivity contribution is 5.89. The molecule has 5 rings (SSSR count). The Labute approximate surface area is 194 Å². The van der Waals surface area contributed by atoms with Crippen LogP contribution in [0.3, 0.4) is 0 Å². The van der Waals surface area contributed by atoms with Crippen LogP contribution in [-0.4, -0.2) is 62.6 Å². The first-order valence-corrected chi connectivity index (χ1v) is 10.7. The van der Waals surface area contributed by atoms with Crippen LogP contribution < -0.4 is 0 Å². The highest BCUT2D eigenvalue weighted by Gasteiger charge is 2.47. The molecule has 3 aromatic heterocycles. The van der Waals surface area contributed by atoms with Gasteiger partial charge in [-0.2, -0.15) is 0 Å². The van der Waals surface area contributed by atoms with E-state index in [1.54, 1.807) is 35.2 Å². The number of pyridine rings is 1. The summed E-state index contributed by atoms with van der Waals surface area (Å²) in [6.45, 7) is 1.66. The molecule has 4 aromatic rings. The molecule has 0 spiro atoms. The molecule has 34 heavy (non-hydrogen) atoms. The molecule has 0 amide bonds. The van der Waals surface area contributed by atoms with E-state index in [0.717, 1.165) is 11.1 Å². The maximum atomic E-state index is 15.2. The second-order valence-corrected chi connectivity index (χ2v) is 7.96. The van der Waals surface area contributed by atoms with Crippen LogP contribution in [-0.2, 0) is 14.2 Å². The van der Waals surface area contributed by atoms with Crippen molar-refractivity contribution in [2.24, 2.45) is 0 Å². The topological polar surface area (TPSA) is 101 Å². The van der Waals surface area contributed by atoms with Crippen LogP contribution in [0.25, 0.3) is 22.4 Å². The number of hydrogen-bond acceptors (Lipinski definition) is 8. The largest absolute Gasteiger partial charge is 0.459 e. The summed E-state index contributed by atoms with van der Waals surface area (Å²) in [6.07, 6.45) is 1.93. The van der Waals surface area contributed by atoms with Crippen molar-refractivity contribution in [3.63, 3.8) is 0 Å². The number of rotatable bonds is 6. The predicted molar refractivity (Wildman–Crippen MR) is 120 cm³/mol. The summed E-state index contributed by atoms with van der Waals surface area (Å²) in [5, 5.41) is 0. The molecule has 0 saturated carbocycles. The molecule has 4 atom stereocenters. The molecule has 0 aliphatic carbocycles. The summed E-state index contributed by atoms with van der Waals surface area (Å²) in [5.74, 6) is -0.546. The zero-order chi connectivity index (χ0) is 23.7. The number of ether oxygens (including phenoxy) is 3. The summed E-state index contributed by atoms with van der Waals surface area (Å²) >= 11 is 0. The van der Waals surface area contributed by atoms with E-state index in [4.69, 9.17) is 14.2 Å². The average Bonchev–Trinajstić information content (AvgIpc) is 3.43. The summed E-state index contributed by atoms with van der Waals surface area (Å²) in [5.41, 5.74) is 3.78. The maximum absolute atomic E-state index is 15.2. The van der Waals surface area contributed by atoms with Crippen LogP contribution in [0.4, 0.5) is 4.39 Å². The Hall–Kier alpha value is -3.76. The van der Waals surface area contributed by atoms with Gasteiger partial charge < -0.3 is 14.2 Å². The standard InChI is InChI=1S/C24H22FN5O4/c1-14-5-7-15(8-6-14)24(31)33-11-17-18(25)21(32-2)23(34-17)30-13-29-20-19(27-12-28-22(20)30)16-4-3-9-26-10-16/h3-10,12-13,17-18,21,23H,11H2,1-2H3/t17-,18-,21-,23-/m1/s1. The molecule has 174 valence electrons. The van der Waals surface area contributed by atoms with Gasteiger partial charge in [0.25, 0.3) is 0 Å². The van der Waals surface area contributed by atoms with Gasteiger partial charge in [0.15, 0.2) is 18.0 Å². The monoisotopic (exact) mass is 463 g/mol. The Morgan fingerprint density at radius 3 is 2.74 bits per heavy atom. The molecule has 1 aliphatic rings. The highest BCUT2D eigenvalue weighted by atomic mass is 19.1. The van der Waals surface area contributed by atoms with Crippen molar-refractivity contribution < 1.29 is 23.4 Å². The van der Waals surface area contributed by atoms with Crippen molar-refractivity contribution >= 4 is 17.1 Å². The summed E-state index contributed by atoms with van der Waals surface area (Å²) in [7, 11) is 1.41. The summed E-state index contributed by atoms with van der Waals surface area (Å²) in [4.78, 5) is 29.6. The zero-order valence-corrected chi connectivity index (χ0v) is 18.5. The lowest BCUT2D eigenvalue weighted by Crippen LogP contribution is -2.32. The quantitative estimate of drug-likeness (QED) is 0.402. The number of nitrogens with zero attached hydrogens (tertiary/aromatic N) is 5. The number of carbonyl (C=O) groups is 1. The number of esters is 1. The van der Waals surface area contributed by atoms with E-state index in [0.29, 0.717) is 22.4 Å². The zero-order valence-electron chi connectivity index (χ0n) is 18.5. The molecule has 0 bridgehead atoms. The van der Waals surface area contributed by atoms with Gasteiger partial charge in [-0.1, -0.05) is 17.7 Å². The van der Waals surface area contributed by atoms with Crippen molar-refractivity contribution in [3.8, 4) is 11.3 Å². The van der Waals surface area contributed by atoms with Crippen molar-refractivity contribution in [1.29, 1.82) is 0 Å². The van der Waals surface area contributed by atoms with Gasteiger partial charge in [0.2, 0.25) is 0 Å². The SMILES string of the molecule is CO[C@@H]1[C@H](F)[C@@H](COC(=O)c2ccc(C)cc2)O[C@H]1n1cnc2c(-c3cccnc3)ncnc21. The van der Waals surface area contributed by atoms with E-state index in [1.165, 1.54) is 19.8 Å². The maximum Gasteiger partial charge on any atom is 0.338 e. The van der Waals surface area contributed by atoms with Gasteiger partial charge in [-0.3, -0.25) is 9.55 Å². The van der Waals surface area contributed by atoms with E-state index in [1.807, 2.05) is 25.1 Å². The van der Waals surface area contributed by atoms with Crippen LogP contribution in [0.5, 0.6) is 0 Å². The fraction of sp³-hybridized carbons (Fsp3) is 0.292. The molecule has 4 heterocycles. The Morgan fingerprint density at radius 1 is 1.18 bits per heavy atom. The Kier molecular flexibility index (Phi) is 5.99. The first-order valence-electron chi connectivity index (χ1n) is 10.7. The lowest BCUT2D eigenvalue weighted by Gasteiger charge is -2.19. The summed E-state index contributed by atoms with van der Waals surface area (Å²) in [6, 6.07) is 10.6. The lowest BCUT2D eigenvalue weighted by atomic mass is 10.1. The number of aromatic nitrogens is 5. The molecule has 0 N–H and O–H groups in total. The second-order valence-electron chi connectivity index (χ2n) is 7.96. The van der Waals surface area contributed by atoms with E-state index < -0.39 is 30.6 Å². The van der Waals surface area contributed by atoms with Crippen LogP contribution in [0.2, 0.25) is 0 Å². The van der Waals surface area contributed by atoms with Gasteiger partial charge in [0.1, 0.15) is 36.4 Å². The predicted octanol–water partition coefficient (Wildman–Crippen LogP) is 3.30. The van der Waals surface area contributed by atoms with Crippen molar-refractivity contribution in [2.45, 2.75) is 31.5 Å². The van der Waals surface area contributed by atoms with E-state index in [-0.39, 0.29) is 6.61 Å². The first-order chi connectivity index (χ1) is 16.6. The summed E-state index contributed by atoms with van der Waals surface area (Å²) < 4.78 is 33.5. The van der Waals surface area contributed by atoms with Gasteiger partial charge in [-0.05, 0) is 31.2 Å². The highest BCUT2D eigenvalue weighted by Crippen LogP contribution is 2.36. The van der Waals surface area contributed by atoms with E-state index in [9.17, 15) is 4.79 Å². The molecule has 1 aliphatic heterocycles. The second kappa shape index (κ2) is 9.24. The normalized spacial score (nSPS) is 22.2. The minimum absolute atomic E-state index is 0.257. The minimum atomic E-state index is -1.53. The van der Waals surface area contributed by atoms with Crippen LogP contribution in [0, 0.1) is 6.92 Å². The van der Waals surface area contributed by atoms with Gasteiger partial charge >= 0.3 is 5.97 Å². The smallest absolute Gasteiger partial charge is 0.338 e. The van der Waals surface area contributed by atoms with Crippen LogP contribution in [0.15, 0.2) is 61.4 Å². The molecular weight excluding hydrogens is 441 g/mol. The third-order valence-electron chi connectivity index (χ3n) is 5.77. The fourth-order valence-electron chi connectivity index (χ4n) is 3.98. The van der Waals surface area contributed by atoms with E-state index >= 15 is 4.39 Å². The number of fused-ring (bicyclic) bond motifs is 1. The van der Waals surface area contributed by atoms with Crippen molar-refractivity contribution in [1.82, 2.24) is 24.5 Å². The number of methoxy groups -OCH3 is 1. The minimum Gasteiger partial charge on any atom is -0.459 e. The number of aryl methyl sites for hydroxylation is 1. The number of imidazole rings is 1. The number of hydrogen-bond donors (Lipinski definition) is 0. The fourth-order valence-corrected chi connectivity index (χ4v) is 3.98. The van der Waals surface area contributed by atoms with Crippen molar-refractivity contribution in [3.05, 3.63) is 72.6 Å². The number of carbonyl (C=O) groups excluding carboxylic acids is 1. The van der Waals surface area contributed by atoms with Crippen LogP contribution in [0.1, 0.15) is 22.1 Å². The van der Waals surface area contributed by atoms with Gasteiger partial charge in [-0.15, -0.1) is 0 Å². The van der Waals surface area contributed by atoms with Gasteiger partial charge in [0.05, 0.1) is 11.9 Å². The number of halogens is 1. The molecule has 1 saturated heterocycles. The molecular formula is C24H22FN5O4. The third kappa shape index (κ3) is 4.02. The Morgan fingerprint density at radius 2 is 2.00 bits per heavy atom. The first kappa shape index (κ1) is 22.1. The Balaban J connectivity index is 1.37. The molecule has 10 heteroatoms. The molecule has 0 unspecified atom stereocenters. The molecule has 1 fully saturated rings. The third-order valence-corrected chi connectivity index (χ3v) is 5.77.